The summed E-state index contributed by atoms with van der Waals surface area (Å²) in [6.45, 7) is 6.46. The fourth-order valence-corrected chi connectivity index (χ4v) is 4.56. The van der Waals surface area contributed by atoms with Gasteiger partial charge >= 0.3 is 0 Å². The van der Waals surface area contributed by atoms with Crippen molar-refractivity contribution in [3.8, 4) is 0 Å². The standard InChI is InChI=1S/C28H33BrClN3O3/c1-21(2)17-33(19-25-11-7-13-31(25)18-23-8-4-5-12-26(23)30)27(34)20-32(14-15-36-3)28(35)22-9-6-10-24(29)16-22/h4-13,16,21H,14-15,17-20H2,1-3H3. The Balaban J connectivity index is 1.78. The van der Waals surface area contributed by atoms with Gasteiger partial charge in [-0.25, -0.2) is 0 Å². The van der Waals surface area contributed by atoms with Crippen molar-refractivity contribution < 1.29 is 14.3 Å². The minimum absolute atomic E-state index is 0.0212. The van der Waals surface area contributed by atoms with Crippen molar-refractivity contribution in [3.05, 3.63) is 93.2 Å². The molecule has 8 heteroatoms. The lowest BCUT2D eigenvalue weighted by Gasteiger charge is -2.29. The Morgan fingerprint density at radius 2 is 1.83 bits per heavy atom. The lowest BCUT2D eigenvalue weighted by atomic mass is 10.1. The first-order valence-electron chi connectivity index (χ1n) is 12.0. The first-order chi connectivity index (χ1) is 17.3. The van der Waals surface area contributed by atoms with Gasteiger partial charge in [0.2, 0.25) is 5.91 Å². The second-order valence-electron chi connectivity index (χ2n) is 9.12. The molecule has 3 rings (SSSR count). The van der Waals surface area contributed by atoms with Crippen molar-refractivity contribution in [2.45, 2.75) is 26.9 Å². The van der Waals surface area contributed by atoms with Crippen LogP contribution in [0.1, 0.15) is 35.5 Å². The van der Waals surface area contributed by atoms with Gasteiger partial charge in [0, 0.05) is 53.7 Å². The molecule has 1 heterocycles. The molecule has 0 N–H and O–H groups in total. The van der Waals surface area contributed by atoms with Gasteiger partial charge in [-0.05, 0) is 47.9 Å². The molecular weight excluding hydrogens is 542 g/mol. The lowest BCUT2D eigenvalue weighted by Crippen LogP contribution is -2.45. The molecule has 6 nitrogen and oxygen atoms in total. The van der Waals surface area contributed by atoms with Crippen molar-refractivity contribution in [2.75, 3.05) is 33.4 Å². The van der Waals surface area contributed by atoms with Crippen LogP contribution in [0, 0.1) is 5.92 Å². The Hall–Kier alpha value is -2.61. The van der Waals surface area contributed by atoms with Gasteiger partial charge in [0.15, 0.2) is 0 Å². The van der Waals surface area contributed by atoms with E-state index in [-0.39, 0.29) is 24.3 Å². The summed E-state index contributed by atoms with van der Waals surface area (Å²) in [5.41, 5.74) is 2.55. The largest absolute Gasteiger partial charge is 0.383 e. The maximum absolute atomic E-state index is 13.6. The number of hydrogen-bond acceptors (Lipinski definition) is 3. The van der Waals surface area contributed by atoms with E-state index in [0.29, 0.717) is 43.4 Å². The van der Waals surface area contributed by atoms with E-state index >= 15 is 0 Å². The van der Waals surface area contributed by atoms with E-state index in [1.54, 1.807) is 24.1 Å². The van der Waals surface area contributed by atoms with Crippen molar-refractivity contribution in [1.82, 2.24) is 14.4 Å². The highest BCUT2D eigenvalue weighted by molar-refractivity contribution is 9.10. The molecule has 0 spiro atoms. The Morgan fingerprint density at radius 1 is 1.06 bits per heavy atom. The van der Waals surface area contributed by atoms with E-state index in [9.17, 15) is 9.59 Å². The fourth-order valence-electron chi connectivity index (χ4n) is 3.97. The van der Waals surface area contributed by atoms with Crippen molar-refractivity contribution in [2.24, 2.45) is 5.92 Å². The van der Waals surface area contributed by atoms with E-state index in [1.165, 1.54) is 0 Å². The normalized spacial score (nSPS) is 11.1. The Kier molecular flexibility index (Phi) is 10.6. The molecule has 0 aliphatic carbocycles. The molecule has 3 aromatic rings. The summed E-state index contributed by atoms with van der Waals surface area (Å²) < 4.78 is 8.13. The molecule has 0 fully saturated rings. The van der Waals surface area contributed by atoms with E-state index < -0.39 is 0 Å². The van der Waals surface area contributed by atoms with Crippen LogP contribution in [0.2, 0.25) is 5.02 Å². The monoisotopic (exact) mass is 573 g/mol. The molecule has 2 aromatic carbocycles. The van der Waals surface area contributed by atoms with Gasteiger partial charge in [0.05, 0.1) is 13.2 Å². The number of carbonyl (C=O) groups excluding carboxylic acids is 2. The summed E-state index contributed by atoms with van der Waals surface area (Å²) in [5.74, 6) is -0.0314. The number of rotatable bonds is 12. The molecule has 0 aliphatic heterocycles. The van der Waals surface area contributed by atoms with Crippen LogP contribution in [0.25, 0.3) is 0 Å². The molecular formula is C28H33BrClN3O3. The molecule has 0 unspecified atom stereocenters. The number of aromatic nitrogens is 1. The van der Waals surface area contributed by atoms with Crippen LogP contribution < -0.4 is 0 Å². The lowest BCUT2D eigenvalue weighted by molar-refractivity contribution is -0.133. The van der Waals surface area contributed by atoms with Gasteiger partial charge in [0.1, 0.15) is 6.54 Å². The van der Waals surface area contributed by atoms with Crippen LogP contribution in [0.15, 0.2) is 71.3 Å². The quantitative estimate of drug-likeness (QED) is 0.278. The third kappa shape index (κ3) is 7.95. The Labute approximate surface area is 226 Å². The molecule has 0 saturated heterocycles. The predicted molar refractivity (Wildman–Crippen MR) is 147 cm³/mol. The summed E-state index contributed by atoms with van der Waals surface area (Å²) >= 11 is 9.80. The molecule has 0 aliphatic rings. The van der Waals surface area contributed by atoms with Crippen LogP contribution in [0.4, 0.5) is 0 Å². The number of halogens is 2. The Morgan fingerprint density at radius 3 is 2.53 bits per heavy atom. The second kappa shape index (κ2) is 13.6. The van der Waals surface area contributed by atoms with Crippen LogP contribution in [0.5, 0.6) is 0 Å². The Bertz CT molecular complexity index is 1160. The highest BCUT2D eigenvalue weighted by Crippen LogP contribution is 2.19. The zero-order valence-electron chi connectivity index (χ0n) is 21.0. The summed E-state index contributed by atoms with van der Waals surface area (Å²) in [4.78, 5) is 30.2. The maximum Gasteiger partial charge on any atom is 0.254 e. The van der Waals surface area contributed by atoms with E-state index in [4.69, 9.17) is 16.3 Å². The summed E-state index contributed by atoms with van der Waals surface area (Å²) in [6.07, 6.45) is 2.00. The van der Waals surface area contributed by atoms with Gasteiger partial charge in [-0.2, -0.15) is 0 Å². The van der Waals surface area contributed by atoms with Gasteiger partial charge < -0.3 is 19.1 Å². The van der Waals surface area contributed by atoms with E-state index in [2.05, 4.69) is 34.3 Å². The predicted octanol–water partition coefficient (Wildman–Crippen LogP) is 5.73. The van der Waals surface area contributed by atoms with Gasteiger partial charge in [-0.1, -0.05) is 65.6 Å². The van der Waals surface area contributed by atoms with Gasteiger partial charge in [0.25, 0.3) is 5.91 Å². The summed E-state index contributed by atoms with van der Waals surface area (Å²) in [7, 11) is 1.59. The minimum atomic E-state index is -0.201. The number of hydrogen-bond donors (Lipinski definition) is 0. The molecule has 0 atom stereocenters. The maximum atomic E-state index is 13.6. The number of methoxy groups -OCH3 is 1. The van der Waals surface area contributed by atoms with Crippen LogP contribution in [-0.2, 0) is 22.6 Å². The molecule has 36 heavy (non-hydrogen) atoms. The fraction of sp³-hybridized carbons (Fsp3) is 0.357. The second-order valence-corrected chi connectivity index (χ2v) is 10.4. The number of carbonyl (C=O) groups is 2. The zero-order chi connectivity index (χ0) is 26.1. The molecule has 1 aromatic heterocycles. The smallest absolute Gasteiger partial charge is 0.254 e. The number of ether oxygens (including phenoxy) is 1. The number of nitrogens with zero attached hydrogens (tertiary/aromatic N) is 3. The number of benzene rings is 2. The third-order valence-electron chi connectivity index (χ3n) is 5.76. The summed E-state index contributed by atoms with van der Waals surface area (Å²) in [5, 5.41) is 0.715. The van der Waals surface area contributed by atoms with Crippen molar-refractivity contribution in [1.29, 1.82) is 0 Å². The average Bonchev–Trinajstić information content (AvgIpc) is 3.28. The first kappa shape index (κ1) is 28.0. The highest BCUT2D eigenvalue weighted by Gasteiger charge is 2.24. The molecule has 192 valence electrons. The minimum Gasteiger partial charge on any atom is -0.383 e. The summed E-state index contributed by atoms with van der Waals surface area (Å²) in [6, 6.07) is 19.0. The molecule has 2 amide bonds. The van der Waals surface area contributed by atoms with Crippen molar-refractivity contribution in [3.63, 3.8) is 0 Å². The van der Waals surface area contributed by atoms with Gasteiger partial charge in [-0.15, -0.1) is 0 Å². The third-order valence-corrected chi connectivity index (χ3v) is 6.63. The van der Waals surface area contributed by atoms with Crippen molar-refractivity contribution >= 4 is 39.3 Å². The topological polar surface area (TPSA) is 54.8 Å². The highest BCUT2D eigenvalue weighted by atomic mass is 79.9. The number of amides is 2. The van der Waals surface area contributed by atoms with Gasteiger partial charge in [-0.3, -0.25) is 9.59 Å². The van der Waals surface area contributed by atoms with Crippen LogP contribution in [-0.4, -0.2) is 59.5 Å². The van der Waals surface area contributed by atoms with Crippen LogP contribution in [0.3, 0.4) is 0 Å². The molecule has 0 saturated carbocycles. The first-order valence-corrected chi connectivity index (χ1v) is 13.1. The van der Waals surface area contributed by atoms with E-state index in [0.717, 1.165) is 15.7 Å². The van der Waals surface area contributed by atoms with E-state index in [1.807, 2.05) is 59.6 Å². The van der Waals surface area contributed by atoms with Crippen LogP contribution >= 0.6 is 27.5 Å². The SMILES string of the molecule is COCCN(CC(=O)N(Cc1cccn1Cc1ccccc1Cl)CC(C)C)C(=O)c1cccc(Br)c1. The average molecular weight is 575 g/mol. The zero-order valence-corrected chi connectivity index (χ0v) is 23.3. The molecule has 0 radical (unpaired) electrons. The molecule has 0 bridgehead atoms.